The molecule has 7 nitrogen and oxygen atoms in total. The van der Waals surface area contributed by atoms with E-state index in [1.807, 2.05) is 18.2 Å². The lowest BCUT2D eigenvalue weighted by atomic mass is 9.57. The molecule has 0 saturated heterocycles. The molecule has 1 aromatic carbocycles. The zero-order valence-electron chi connectivity index (χ0n) is 17.8. The molecule has 4 aliphatic carbocycles. The monoisotopic (exact) mass is 431 g/mol. The number of benzene rings is 1. The lowest BCUT2D eigenvalue weighted by Crippen LogP contribution is -2.58. The summed E-state index contributed by atoms with van der Waals surface area (Å²) in [5.74, 6) is -0.429. The van der Waals surface area contributed by atoms with Crippen LogP contribution in [0.3, 0.4) is 0 Å². The van der Waals surface area contributed by atoms with Crippen molar-refractivity contribution in [2.75, 3.05) is 0 Å². The van der Waals surface area contributed by atoms with Crippen LogP contribution in [0.15, 0.2) is 41.3 Å². The maximum atomic E-state index is 13.3. The second kappa shape index (κ2) is 6.64. The van der Waals surface area contributed by atoms with Gasteiger partial charge in [0.15, 0.2) is 5.65 Å². The van der Waals surface area contributed by atoms with Crippen LogP contribution in [0.2, 0.25) is 0 Å². The fourth-order valence-electron chi connectivity index (χ4n) is 5.69. The zero-order chi connectivity index (χ0) is 22.1. The van der Waals surface area contributed by atoms with Crippen LogP contribution in [0.25, 0.3) is 16.6 Å². The fraction of sp³-hybridized carbons (Fsp3) is 0.440. The summed E-state index contributed by atoms with van der Waals surface area (Å²) in [6.07, 6.45) is 7.73. The maximum Gasteiger partial charge on any atom is 0.309 e. The van der Waals surface area contributed by atoms with E-state index in [4.69, 9.17) is 4.98 Å². The summed E-state index contributed by atoms with van der Waals surface area (Å²) in [7, 11) is 0. The van der Waals surface area contributed by atoms with Crippen LogP contribution in [0.4, 0.5) is 0 Å². The van der Waals surface area contributed by atoms with Gasteiger partial charge >= 0.3 is 5.97 Å². The van der Waals surface area contributed by atoms with E-state index in [1.54, 1.807) is 18.3 Å². The number of nitrogens with one attached hydrogen (secondary N) is 1. The summed E-state index contributed by atoms with van der Waals surface area (Å²) < 4.78 is 1.46. The number of aromatic nitrogens is 2. The van der Waals surface area contributed by atoms with Gasteiger partial charge in [0.2, 0.25) is 0 Å². The van der Waals surface area contributed by atoms with Crippen molar-refractivity contribution in [3.8, 4) is 0 Å². The Morgan fingerprint density at radius 2 is 1.78 bits per heavy atom. The van der Waals surface area contributed by atoms with E-state index >= 15 is 0 Å². The quantitative estimate of drug-likeness (QED) is 0.615. The molecular formula is C25H25N3O4. The summed E-state index contributed by atoms with van der Waals surface area (Å²) in [4.78, 5) is 42.9. The number of pyridine rings is 1. The van der Waals surface area contributed by atoms with E-state index in [-0.39, 0.29) is 17.0 Å². The highest BCUT2D eigenvalue weighted by molar-refractivity contribution is 6.01. The third-order valence-corrected chi connectivity index (χ3v) is 8.04. The Bertz CT molecular complexity index is 1330. The minimum atomic E-state index is -0.716. The largest absolute Gasteiger partial charge is 0.481 e. The molecule has 0 unspecified atom stereocenters. The molecule has 2 heterocycles. The molecule has 4 aliphatic rings. The number of carboxylic acids is 1. The van der Waals surface area contributed by atoms with E-state index in [0.717, 1.165) is 12.8 Å². The average molecular weight is 431 g/mol. The summed E-state index contributed by atoms with van der Waals surface area (Å²) >= 11 is 0. The van der Waals surface area contributed by atoms with E-state index in [2.05, 4.69) is 5.32 Å². The van der Waals surface area contributed by atoms with Gasteiger partial charge in [-0.05, 0) is 87.1 Å². The van der Waals surface area contributed by atoms with E-state index in [0.29, 0.717) is 66.6 Å². The Morgan fingerprint density at radius 1 is 1.06 bits per heavy atom. The van der Waals surface area contributed by atoms with Crippen LogP contribution in [0, 0.1) is 5.41 Å². The number of amides is 1. The van der Waals surface area contributed by atoms with E-state index in [1.165, 1.54) is 9.96 Å². The topological polar surface area (TPSA) is 101 Å². The van der Waals surface area contributed by atoms with E-state index in [9.17, 15) is 19.5 Å². The molecule has 3 aromatic rings. The first-order valence-corrected chi connectivity index (χ1v) is 11.4. The van der Waals surface area contributed by atoms with Crippen LogP contribution in [0.5, 0.6) is 0 Å². The van der Waals surface area contributed by atoms with Crippen molar-refractivity contribution in [3.05, 3.63) is 58.0 Å². The van der Waals surface area contributed by atoms with Gasteiger partial charge in [0, 0.05) is 11.7 Å². The zero-order valence-corrected chi connectivity index (χ0v) is 17.8. The molecule has 4 fully saturated rings. The second-order valence-electron chi connectivity index (χ2n) is 9.90. The Kier molecular flexibility index (Phi) is 4.04. The lowest BCUT2D eigenvalue weighted by molar-refractivity contribution is -0.156. The van der Waals surface area contributed by atoms with Crippen molar-refractivity contribution in [2.24, 2.45) is 5.41 Å². The average Bonchev–Trinajstić information content (AvgIpc) is 3.65. The summed E-state index contributed by atoms with van der Waals surface area (Å²) in [6.45, 7) is 0. The molecule has 7 heteroatoms. The Labute approximate surface area is 184 Å². The van der Waals surface area contributed by atoms with Gasteiger partial charge in [-0.2, -0.15) is 0 Å². The number of aliphatic carboxylic acids is 1. The standard InChI is InChI=1S/C25H25N3O4/c29-21(27-25-10-7-24(8-11-25,9-12-25)23(31)32)17-2-1-13-28-20(17)26-19-6-5-16(15-3-4-15)14-18(19)22(28)30/h1-2,5-6,13-15H,3-4,7-12H2,(H,27,29)(H,31,32). The van der Waals surface area contributed by atoms with Crippen LogP contribution < -0.4 is 10.9 Å². The Morgan fingerprint density at radius 3 is 2.44 bits per heavy atom. The van der Waals surface area contributed by atoms with Gasteiger partial charge in [0.05, 0.1) is 21.9 Å². The molecule has 2 bridgehead atoms. The number of carboxylic acid groups (broad SMARTS) is 1. The molecular weight excluding hydrogens is 406 g/mol. The molecule has 0 aliphatic heterocycles. The predicted molar refractivity (Wildman–Crippen MR) is 119 cm³/mol. The van der Waals surface area contributed by atoms with Gasteiger partial charge in [-0.1, -0.05) is 6.07 Å². The normalized spacial score (nSPS) is 27.0. The molecule has 32 heavy (non-hydrogen) atoms. The van der Waals surface area contributed by atoms with Crippen LogP contribution in [0.1, 0.15) is 73.2 Å². The van der Waals surface area contributed by atoms with Crippen molar-refractivity contribution in [2.45, 2.75) is 62.8 Å². The summed E-state index contributed by atoms with van der Waals surface area (Å²) in [5, 5.41) is 13.4. The van der Waals surface area contributed by atoms with Gasteiger partial charge in [-0.3, -0.25) is 18.8 Å². The lowest BCUT2D eigenvalue weighted by Gasteiger charge is -2.51. The van der Waals surface area contributed by atoms with Gasteiger partial charge in [-0.15, -0.1) is 0 Å². The smallest absolute Gasteiger partial charge is 0.309 e. The predicted octanol–water partition coefficient (Wildman–Crippen LogP) is 3.63. The van der Waals surface area contributed by atoms with Crippen LogP contribution >= 0.6 is 0 Å². The highest BCUT2D eigenvalue weighted by Crippen LogP contribution is 2.52. The van der Waals surface area contributed by atoms with Crippen molar-refractivity contribution in [1.82, 2.24) is 14.7 Å². The molecule has 4 saturated carbocycles. The SMILES string of the molecule is O=C(NC12CCC(C(=O)O)(CC1)CC2)c1cccn2c(=O)c3cc(C4CC4)ccc3nc12. The Balaban J connectivity index is 1.36. The highest BCUT2D eigenvalue weighted by atomic mass is 16.4. The number of carbonyl (C=O) groups is 2. The summed E-state index contributed by atoms with van der Waals surface area (Å²) in [5.41, 5.74) is 1.33. The number of hydrogen-bond acceptors (Lipinski definition) is 4. The van der Waals surface area contributed by atoms with Gasteiger partial charge < -0.3 is 10.4 Å². The number of fused-ring (bicyclic) bond motifs is 5. The minimum absolute atomic E-state index is 0.165. The number of carbonyl (C=O) groups excluding carboxylic acids is 1. The van der Waals surface area contributed by atoms with Crippen molar-refractivity contribution < 1.29 is 14.7 Å². The van der Waals surface area contributed by atoms with Crippen molar-refractivity contribution in [1.29, 1.82) is 0 Å². The Hall–Kier alpha value is -3.22. The molecule has 0 radical (unpaired) electrons. The van der Waals surface area contributed by atoms with E-state index < -0.39 is 11.4 Å². The third-order valence-electron chi connectivity index (χ3n) is 8.04. The van der Waals surface area contributed by atoms with Gasteiger partial charge in [0.1, 0.15) is 0 Å². The fourth-order valence-corrected chi connectivity index (χ4v) is 5.69. The maximum absolute atomic E-state index is 13.3. The van der Waals surface area contributed by atoms with Gasteiger partial charge in [0.25, 0.3) is 11.5 Å². The number of rotatable bonds is 4. The summed E-state index contributed by atoms with van der Waals surface area (Å²) in [6, 6.07) is 9.26. The first-order chi connectivity index (χ1) is 15.4. The minimum Gasteiger partial charge on any atom is -0.481 e. The molecule has 7 rings (SSSR count). The van der Waals surface area contributed by atoms with Crippen molar-refractivity contribution >= 4 is 28.4 Å². The molecule has 164 valence electrons. The molecule has 1 amide bonds. The van der Waals surface area contributed by atoms with Crippen LogP contribution in [-0.4, -0.2) is 31.9 Å². The molecule has 2 aromatic heterocycles. The number of hydrogen-bond donors (Lipinski definition) is 2. The third kappa shape index (κ3) is 2.87. The van der Waals surface area contributed by atoms with Crippen LogP contribution in [-0.2, 0) is 4.79 Å². The first kappa shape index (κ1) is 19.5. The van der Waals surface area contributed by atoms with Crippen molar-refractivity contribution in [3.63, 3.8) is 0 Å². The number of nitrogens with zero attached hydrogens (tertiary/aromatic N) is 2. The first-order valence-electron chi connectivity index (χ1n) is 11.4. The van der Waals surface area contributed by atoms with Gasteiger partial charge in [-0.25, -0.2) is 4.98 Å². The molecule has 2 N–H and O–H groups in total. The second-order valence-corrected chi connectivity index (χ2v) is 9.90. The molecule has 0 spiro atoms. The highest BCUT2D eigenvalue weighted by Gasteiger charge is 2.53. The molecule has 0 atom stereocenters.